The largest absolute Gasteiger partial charge is 0.384 e. The Morgan fingerprint density at radius 2 is 2.19 bits per heavy atom. The first-order chi connectivity index (χ1) is 12.7. The maximum absolute atomic E-state index is 12.3. The van der Waals surface area contributed by atoms with Crippen molar-refractivity contribution in [2.45, 2.75) is 45.2 Å². The van der Waals surface area contributed by atoms with E-state index in [1.165, 1.54) is 0 Å². The molecule has 1 saturated heterocycles. The summed E-state index contributed by atoms with van der Waals surface area (Å²) in [7, 11) is 1.69. The highest BCUT2D eigenvalue weighted by Gasteiger charge is 2.36. The SMILES string of the molecule is CCn1c(CCOC)nc2c(NC3CCN(C(=O)C4CC4)C3)ncnc21. The Balaban J connectivity index is 1.53. The van der Waals surface area contributed by atoms with Crippen LogP contribution >= 0.6 is 0 Å². The summed E-state index contributed by atoms with van der Waals surface area (Å²) in [5.41, 5.74) is 1.65. The van der Waals surface area contributed by atoms with Gasteiger partial charge in [-0.2, -0.15) is 0 Å². The Hall–Kier alpha value is -2.22. The Morgan fingerprint density at radius 3 is 2.92 bits per heavy atom. The first-order valence-corrected chi connectivity index (χ1v) is 9.45. The lowest BCUT2D eigenvalue weighted by Gasteiger charge is -2.17. The van der Waals surface area contributed by atoms with Crippen LogP contribution in [0.5, 0.6) is 0 Å². The molecule has 8 heteroatoms. The van der Waals surface area contributed by atoms with E-state index in [2.05, 4.69) is 26.8 Å². The highest BCUT2D eigenvalue weighted by atomic mass is 16.5. The van der Waals surface area contributed by atoms with E-state index in [1.54, 1.807) is 13.4 Å². The first kappa shape index (κ1) is 17.2. The van der Waals surface area contributed by atoms with E-state index >= 15 is 0 Å². The zero-order valence-corrected chi connectivity index (χ0v) is 15.4. The third kappa shape index (κ3) is 3.25. The highest BCUT2D eigenvalue weighted by Crippen LogP contribution is 2.32. The molecule has 2 aromatic rings. The van der Waals surface area contributed by atoms with Gasteiger partial charge in [-0.3, -0.25) is 4.79 Å². The van der Waals surface area contributed by atoms with Crippen molar-refractivity contribution in [1.82, 2.24) is 24.4 Å². The van der Waals surface area contributed by atoms with Gasteiger partial charge in [-0.25, -0.2) is 15.0 Å². The van der Waals surface area contributed by atoms with Gasteiger partial charge in [0.15, 0.2) is 17.0 Å². The van der Waals surface area contributed by atoms with E-state index in [4.69, 9.17) is 9.72 Å². The molecule has 0 aromatic carbocycles. The molecule has 0 spiro atoms. The van der Waals surface area contributed by atoms with Gasteiger partial charge >= 0.3 is 0 Å². The van der Waals surface area contributed by atoms with Crippen molar-refractivity contribution >= 4 is 22.9 Å². The lowest BCUT2D eigenvalue weighted by molar-refractivity contribution is -0.131. The number of nitrogens with zero attached hydrogens (tertiary/aromatic N) is 5. The summed E-state index contributed by atoms with van der Waals surface area (Å²) in [6.45, 7) is 5.08. The number of imidazole rings is 1. The van der Waals surface area contributed by atoms with Crippen LogP contribution in [0.3, 0.4) is 0 Å². The van der Waals surface area contributed by atoms with Crippen LogP contribution in [-0.2, 0) is 22.5 Å². The van der Waals surface area contributed by atoms with Crippen molar-refractivity contribution in [2.75, 3.05) is 32.1 Å². The Bertz CT molecular complexity index is 800. The van der Waals surface area contributed by atoms with E-state index in [-0.39, 0.29) is 12.0 Å². The van der Waals surface area contributed by atoms with Gasteiger partial charge in [-0.15, -0.1) is 0 Å². The average Bonchev–Trinajstić information content (AvgIpc) is 3.29. The van der Waals surface area contributed by atoms with Crippen molar-refractivity contribution in [3.63, 3.8) is 0 Å². The summed E-state index contributed by atoms with van der Waals surface area (Å²) in [6.07, 6.45) is 5.38. The van der Waals surface area contributed by atoms with Gasteiger partial charge in [-0.05, 0) is 26.2 Å². The van der Waals surface area contributed by atoms with E-state index in [1.807, 2.05) is 4.90 Å². The minimum absolute atomic E-state index is 0.213. The summed E-state index contributed by atoms with van der Waals surface area (Å²) in [6, 6.07) is 0.213. The van der Waals surface area contributed by atoms with E-state index in [0.29, 0.717) is 12.5 Å². The monoisotopic (exact) mass is 358 g/mol. The first-order valence-electron chi connectivity index (χ1n) is 9.45. The molecule has 1 amide bonds. The summed E-state index contributed by atoms with van der Waals surface area (Å²) >= 11 is 0. The van der Waals surface area contributed by atoms with E-state index in [9.17, 15) is 4.79 Å². The van der Waals surface area contributed by atoms with Crippen molar-refractivity contribution in [1.29, 1.82) is 0 Å². The van der Waals surface area contributed by atoms with Crippen LogP contribution in [0.1, 0.15) is 32.0 Å². The lowest BCUT2D eigenvalue weighted by atomic mass is 10.2. The highest BCUT2D eigenvalue weighted by molar-refractivity contribution is 5.84. The molecule has 2 fully saturated rings. The zero-order valence-electron chi connectivity index (χ0n) is 15.4. The van der Waals surface area contributed by atoms with Gasteiger partial charge in [0.05, 0.1) is 6.61 Å². The molecule has 0 bridgehead atoms. The van der Waals surface area contributed by atoms with Crippen molar-refractivity contribution < 1.29 is 9.53 Å². The second kappa shape index (κ2) is 7.19. The van der Waals surface area contributed by atoms with Crippen LogP contribution in [-0.4, -0.2) is 63.2 Å². The number of anilines is 1. The van der Waals surface area contributed by atoms with Gasteiger partial charge < -0.3 is 19.5 Å². The molecule has 8 nitrogen and oxygen atoms in total. The quantitative estimate of drug-likeness (QED) is 0.806. The number of likely N-dealkylation sites (tertiary alicyclic amines) is 1. The van der Waals surface area contributed by atoms with Gasteiger partial charge in [0.2, 0.25) is 5.91 Å². The second-order valence-electron chi connectivity index (χ2n) is 7.10. The van der Waals surface area contributed by atoms with Gasteiger partial charge in [0.25, 0.3) is 0 Å². The molecule has 1 unspecified atom stereocenters. The fourth-order valence-electron chi connectivity index (χ4n) is 3.66. The number of carbonyl (C=O) groups is 1. The molecule has 3 heterocycles. The molecule has 4 rings (SSSR count). The molecule has 1 atom stereocenters. The van der Waals surface area contributed by atoms with E-state index in [0.717, 1.165) is 68.1 Å². The minimum Gasteiger partial charge on any atom is -0.384 e. The molecule has 140 valence electrons. The molecular formula is C18H26N6O2. The topological polar surface area (TPSA) is 85.2 Å². The van der Waals surface area contributed by atoms with Crippen LogP contribution in [0, 0.1) is 5.92 Å². The van der Waals surface area contributed by atoms with Crippen LogP contribution in [0.15, 0.2) is 6.33 Å². The number of ether oxygens (including phenoxy) is 1. The number of amides is 1. The van der Waals surface area contributed by atoms with Crippen LogP contribution in [0.2, 0.25) is 0 Å². The Kier molecular flexibility index (Phi) is 4.76. The molecule has 0 radical (unpaired) electrons. The number of hydrogen-bond donors (Lipinski definition) is 1. The smallest absolute Gasteiger partial charge is 0.225 e. The van der Waals surface area contributed by atoms with Gasteiger partial charge in [0, 0.05) is 45.1 Å². The number of fused-ring (bicyclic) bond motifs is 1. The van der Waals surface area contributed by atoms with Crippen molar-refractivity contribution in [2.24, 2.45) is 5.92 Å². The lowest BCUT2D eigenvalue weighted by Crippen LogP contribution is -2.32. The molecule has 2 aliphatic rings. The summed E-state index contributed by atoms with van der Waals surface area (Å²) in [5, 5.41) is 3.50. The van der Waals surface area contributed by atoms with Crippen LogP contribution in [0.25, 0.3) is 11.2 Å². The second-order valence-corrected chi connectivity index (χ2v) is 7.10. The van der Waals surface area contributed by atoms with Crippen molar-refractivity contribution in [3.05, 3.63) is 12.2 Å². The minimum atomic E-state index is 0.213. The predicted molar refractivity (Wildman–Crippen MR) is 97.9 cm³/mol. The molecule has 26 heavy (non-hydrogen) atoms. The molecule has 1 aliphatic carbocycles. The summed E-state index contributed by atoms with van der Waals surface area (Å²) < 4.78 is 7.31. The molecule has 1 N–H and O–H groups in total. The number of rotatable bonds is 7. The molecule has 1 saturated carbocycles. The summed E-state index contributed by atoms with van der Waals surface area (Å²) in [5.74, 6) is 2.32. The van der Waals surface area contributed by atoms with Crippen LogP contribution in [0.4, 0.5) is 5.82 Å². The standard InChI is InChI=1S/C18H26N6O2/c1-3-24-14(7-9-26-2)22-15-16(19-11-20-17(15)24)21-13-6-8-23(10-13)18(25)12-4-5-12/h11-13H,3-10H2,1-2H3,(H,19,20,21). The molecule has 1 aliphatic heterocycles. The predicted octanol–water partition coefficient (Wildman–Crippen LogP) is 1.46. The van der Waals surface area contributed by atoms with Crippen molar-refractivity contribution in [3.8, 4) is 0 Å². The number of aromatic nitrogens is 4. The number of nitrogens with one attached hydrogen (secondary N) is 1. The average molecular weight is 358 g/mol. The normalized spacial score (nSPS) is 20.1. The summed E-state index contributed by atoms with van der Waals surface area (Å²) in [4.78, 5) is 27.9. The third-order valence-corrected chi connectivity index (χ3v) is 5.22. The number of methoxy groups -OCH3 is 1. The third-order valence-electron chi connectivity index (χ3n) is 5.22. The van der Waals surface area contributed by atoms with E-state index < -0.39 is 0 Å². The number of hydrogen-bond acceptors (Lipinski definition) is 6. The fourth-order valence-corrected chi connectivity index (χ4v) is 3.66. The number of carbonyl (C=O) groups excluding carboxylic acids is 1. The Labute approximate surface area is 153 Å². The van der Waals surface area contributed by atoms with Gasteiger partial charge in [0.1, 0.15) is 12.2 Å². The van der Waals surface area contributed by atoms with Gasteiger partial charge in [-0.1, -0.05) is 0 Å². The maximum Gasteiger partial charge on any atom is 0.225 e. The van der Waals surface area contributed by atoms with Crippen LogP contribution < -0.4 is 5.32 Å². The number of aryl methyl sites for hydroxylation is 1. The Morgan fingerprint density at radius 1 is 1.35 bits per heavy atom. The maximum atomic E-state index is 12.3. The molecule has 2 aromatic heterocycles. The fraction of sp³-hybridized carbons (Fsp3) is 0.667. The molecular weight excluding hydrogens is 332 g/mol. The zero-order chi connectivity index (χ0) is 18.1.